The van der Waals surface area contributed by atoms with Crippen molar-refractivity contribution in [3.63, 3.8) is 0 Å². The van der Waals surface area contributed by atoms with Crippen LogP contribution in [0.1, 0.15) is 63.4 Å². The Hall–Kier alpha value is -2.95. The molecule has 0 atom stereocenters. The molecule has 204 valence electrons. The van der Waals surface area contributed by atoms with Crippen molar-refractivity contribution < 1.29 is 14.7 Å². The zero-order valence-electron chi connectivity index (χ0n) is 21.6. The van der Waals surface area contributed by atoms with Crippen molar-refractivity contribution in [2.75, 3.05) is 6.54 Å². The number of fused-ring (bicyclic) bond motifs is 1. The molecule has 1 aromatic carbocycles. The molecule has 0 bridgehead atoms. The molecule has 3 aromatic rings. The van der Waals surface area contributed by atoms with E-state index in [1.165, 1.54) is 27.9 Å². The van der Waals surface area contributed by atoms with Gasteiger partial charge in [0.05, 0.1) is 10.5 Å². The number of carboxylic acid groups (broad SMARTS) is 1. The fourth-order valence-corrected chi connectivity index (χ4v) is 6.52. The molecule has 2 aromatic heterocycles. The average Bonchev–Trinajstić information content (AvgIpc) is 3.19. The summed E-state index contributed by atoms with van der Waals surface area (Å²) < 4.78 is 2.00. The van der Waals surface area contributed by atoms with Gasteiger partial charge in [-0.2, -0.15) is 0 Å². The standard InChI is InChI=1S/C29H31N3O4S3/c33-25(34)17-10-5-3-1-2-4-6-12-19-32-28(36)23(39-29(32)37)20-22-26(38-21-14-8-7-9-15-21)30-24-16-11-13-18-31(24)27(22)35/h7-9,11,13-16,18,20H,1-6,10,12,17,19H2,(H,33,34). The minimum absolute atomic E-state index is 0.170. The Bertz CT molecular complexity index is 1420. The van der Waals surface area contributed by atoms with Gasteiger partial charge < -0.3 is 5.11 Å². The monoisotopic (exact) mass is 581 g/mol. The number of hydrogen-bond acceptors (Lipinski definition) is 7. The van der Waals surface area contributed by atoms with Crippen LogP contribution in [0.5, 0.6) is 0 Å². The molecule has 1 fully saturated rings. The summed E-state index contributed by atoms with van der Waals surface area (Å²) in [4.78, 5) is 45.0. The number of carbonyl (C=O) groups is 2. The Kier molecular flexibility index (Phi) is 10.8. The lowest BCUT2D eigenvalue weighted by atomic mass is 10.1. The number of aromatic nitrogens is 2. The van der Waals surface area contributed by atoms with E-state index < -0.39 is 5.97 Å². The van der Waals surface area contributed by atoms with Gasteiger partial charge in [-0.3, -0.25) is 23.7 Å². The number of carboxylic acids is 1. The Morgan fingerprint density at radius 2 is 1.62 bits per heavy atom. The normalized spacial score (nSPS) is 14.6. The third kappa shape index (κ3) is 8.03. The molecular formula is C29H31N3O4S3. The number of aliphatic carboxylic acids is 1. The molecule has 0 aliphatic carbocycles. The molecule has 1 aliphatic rings. The number of hydrogen-bond donors (Lipinski definition) is 1. The number of amides is 1. The number of thioether (sulfide) groups is 1. The number of benzene rings is 1. The van der Waals surface area contributed by atoms with Crippen LogP contribution in [0, 0.1) is 0 Å². The van der Waals surface area contributed by atoms with Crippen LogP contribution < -0.4 is 5.56 Å². The molecule has 3 heterocycles. The first-order chi connectivity index (χ1) is 18.9. The Morgan fingerprint density at radius 1 is 0.949 bits per heavy atom. The minimum Gasteiger partial charge on any atom is -0.481 e. The fraction of sp³-hybridized carbons (Fsp3) is 0.345. The second-order valence-electron chi connectivity index (χ2n) is 9.29. The second-order valence-corrected chi connectivity index (χ2v) is 12.0. The van der Waals surface area contributed by atoms with Gasteiger partial charge >= 0.3 is 5.97 Å². The molecule has 1 N–H and O–H groups in total. The maximum absolute atomic E-state index is 13.5. The lowest BCUT2D eigenvalue weighted by Crippen LogP contribution is -2.29. The molecule has 7 nitrogen and oxygen atoms in total. The number of pyridine rings is 1. The van der Waals surface area contributed by atoms with E-state index in [1.807, 2.05) is 36.4 Å². The van der Waals surface area contributed by atoms with E-state index in [2.05, 4.69) is 0 Å². The van der Waals surface area contributed by atoms with E-state index >= 15 is 0 Å². The van der Waals surface area contributed by atoms with Crippen LogP contribution in [-0.2, 0) is 9.59 Å². The Labute approximate surface area is 241 Å². The summed E-state index contributed by atoms with van der Waals surface area (Å²) in [5.41, 5.74) is 0.689. The zero-order valence-corrected chi connectivity index (χ0v) is 24.0. The average molecular weight is 582 g/mol. The highest BCUT2D eigenvalue weighted by atomic mass is 32.2. The minimum atomic E-state index is -0.728. The quantitative estimate of drug-likeness (QED) is 0.0980. The molecule has 1 aliphatic heterocycles. The molecule has 4 rings (SSSR count). The third-order valence-corrected chi connectivity index (χ3v) is 8.75. The van der Waals surface area contributed by atoms with Crippen LogP contribution in [0.2, 0.25) is 0 Å². The van der Waals surface area contributed by atoms with E-state index in [-0.39, 0.29) is 17.9 Å². The fourth-order valence-electron chi connectivity index (χ4n) is 4.31. The van der Waals surface area contributed by atoms with E-state index in [0.717, 1.165) is 56.3 Å². The summed E-state index contributed by atoms with van der Waals surface area (Å²) in [6, 6.07) is 15.1. The predicted octanol–water partition coefficient (Wildman–Crippen LogP) is 6.64. The smallest absolute Gasteiger partial charge is 0.303 e. The van der Waals surface area contributed by atoms with Crippen molar-refractivity contribution in [2.45, 2.75) is 67.7 Å². The molecule has 10 heteroatoms. The first kappa shape index (κ1) is 29.0. The maximum atomic E-state index is 13.5. The molecule has 1 amide bonds. The molecule has 0 spiro atoms. The SMILES string of the molecule is O=C(O)CCCCCCCCCCN1C(=O)C(=Cc2c(Sc3ccccc3)nc3ccccn3c2=O)SC1=S. The summed E-state index contributed by atoms with van der Waals surface area (Å²) in [5.74, 6) is -0.898. The van der Waals surface area contributed by atoms with Gasteiger partial charge in [0.15, 0.2) is 0 Å². The molecule has 0 saturated carbocycles. The highest BCUT2D eigenvalue weighted by Gasteiger charge is 2.32. The van der Waals surface area contributed by atoms with Gasteiger partial charge in [0, 0.05) is 24.1 Å². The van der Waals surface area contributed by atoms with Crippen LogP contribution in [0.3, 0.4) is 0 Å². The van der Waals surface area contributed by atoms with Crippen LogP contribution in [0.4, 0.5) is 0 Å². The van der Waals surface area contributed by atoms with Gasteiger partial charge in [-0.05, 0) is 43.2 Å². The summed E-state index contributed by atoms with van der Waals surface area (Å²) >= 11 is 8.14. The van der Waals surface area contributed by atoms with Crippen LogP contribution in [0.25, 0.3) is 11.7 Å². The number of rotatable bonds is 14. The van der Waals surface area contributed by atoms with E-state index in [1.54, 1.807) is 29.3 Å². The summed E-state index contributed by atoms with van der Waals surface area (Å²) in [6.45, 7) is 0.557. The third-order valence-electron chi connectivity index (χ3n) is 6.36. The number of carbonyl (C=O) groups excluding carboxylic acids is 1. The van der Waals surface area contributed by atoms with Crippen molar-refractivity contribution in [3.8, 4) is 0 Å². The van der Waals surface area contributed by atoms with Gasteiger partial charge in [0.2, 0.25) is 0 Å². The van der Waals surface area contributed by atoms with E-state index in [4.69, 9.17) is 22.3 Å². The van der Waals surface area contributed by atoms with Crippen LogP contribution in [0.15, 0.2) is 74.3 Å². The van der Waals surface area contributed by atoms with Crippen molar-refractivity contribution in [3.05, 3.63) is 75.6 Å². The summed E-state index contributed by atoms with van der Waals surface area (Å²) in [5, 5.41) is 9.23. The van der Waals surface area contributed by atoms with E-state index in [9.17, 15) is 14.4 Å². The zero-order chi connectivity index (χ0) is 27.6. The summed E-state index contributed by atoms with van der Waals surface area (Å²) in [6.07, 6.45) is 11.5. The molecule has 0 radical (unpaired) electrons. The molecule has 1 saturated heterocycles. The largest absolute Gasteiger partial charge is 0.481 e. The highest BCUT2D eigenvalue weighted by molar-refractivity contribution is 8.26. The number of unbranched alkanes of at least 4 members (excludes halogenated alkanes) is 7. The van der Waals surface area contributed by atoms with Gasteiger partial charge in [-0.25, -0.2) is 4.98 Å². The lowest BCUT2D eigenvalue weighted by Gasteiger charge is -2.14. The van der Waals surface area contributed by atoms with Crippen molar-refractivity contribution in [2.24, 2.45) is 0 Å². The van der Waals surface area contributed by atoms with Crippen molar-refractivity contribution in [1.29, 1.82) is 0 Å². The lowest BCUT2D eigenvalue weighted by molar-refractivity contribution is -0.137. The molecular weight excluding hydrogens is 551 g/mol. The van der Waals surface area contributed by atoms with Gasteiger partial charge in [0.1, 0.15) is 15.0 Å². The first-order valence-electron chi connectivity index (χ1n) is 13.2. The van der Waals surface area contributed by atoms with Gasteiger partial charge in [-0.1, -0.05) is 98.5 Å². The molecule has 0 unspecified atom stereocenters. The topological polar surface area (TPSA) is 92.0 Å². The van der Waals surface area contributed by atoms with Crippen molar-refractivity contribution in [1.82, 2.24) is 14.3 Å². The number of nitrogens with zero attached hydrogens (tertiary/aromatic N) is 3. The Balaban J connectivity index is 1.39. The first-order valence-corrected chi connectivity index (χ1v) is 15.2. The predicted molar refractivity (Wildman–Crippen MR) is 161 cm³/mol. The van der Waals surface area contributed by atoms with Crippen molar-refractivity contribution >= 4 is 63.7 Å². The van der Waals surface area contributed by atoms with Crippen LogP contribution >= 0.6 is 35.7 Å². The van der Waals surface area contributed by atoms with Crippen LogP contribution in [-0.4, -0.2) is 42.1 Å². The van der Waals surface area contributed by atoms with Gasteiger partial charge in [-0.15, -0.1) is 0 Å². The number of thiocarbonyl (C=S) groups is 1. The van der Waals surface area contributed by atoms with E-state index in [0.29, 0.717) is 32.0 Å². The highest BCUT2D eigenvalue weighted by Crippen LogP contribution is 2.35. The Morgan fingerprint density at radius 3 is 2.33 bits per heavy atom. The maximum Gasteiger partial charge on any atom is 0.303 e. The van der Waals surface area contributed by atoms with Gasteiger partial charge in [0.25, 0.3) is 11.5 Å². The molecule has 39 heavy (non-hydrogen) atoms. The second kappa shape index (κ2) is 14.4. The summed E-state index contributed by atoms with van der Waals surface area (Å²) in [7, 11) is 0.